The van der Waals surface area contributed by atoms with Gasteiger partial charge in [-0.1, -0.05) is 15.9 Å². The van der Waals surface area contributed by atoms with Crippen LogP contribution in [0.15, 0.2) is 57.4 Å². The van der Waals surface area contributed by atoms with Crippen molar-refractivity contribution in [3.8, 4) is 11.5 Å². The fourth-order valence-electron chi connectivity index (χ4n) is 2.59. The average Bonchev–Trinajstić information content (AvgIpc) is 3.29. The van der Waals surface area contributed by atoms with Crippen LogP contribution in [0, 0.1) is 0 Å². The van der Waals surface area contributed by atoms with E-state index < -0.39 is 0 Å². The van der Waals surface area contributed by atoms with Crippen LogP contribution < -0.4 is 19.4 Å². The highest BCUT2D eigenvalue weighted by Gasteiger charge is 2.44. The van der Waals surface area contributed by atoms with E-state index in [9.17, 15) is 0 Å². The number of hydrogen-bond acceptors (Lipinski definition) is 8. The Morgan fingerprint density at radius 1 is 1.16 bits per heavy atom. The highest BCUT2D eigenvalue weighted by Crippen LogP contribution is 2.34. The van der Waals surface area contributed by atoms with Crippen molar-refractivity contribution in [3.05, 3.63) is 42.3 Å². The molecule has 0 saturated carbocycles. The molecule has 8 nitrogen and oxygen atoms in total. The molecule has 0 amide bonds. The number of guanidine groups is 1. The quantitative estimate of drug-likeness (QED) is 0.855. The van der Waals surface area contributed by atoms with Gasteiger partial charge in [0, 0.05) is 11.8 Å². The summed E-state index contributed by atoms with van der Waals surface area (Å²) in [4.78, 5) is 12.9. The first-order valence-corrected chi connectivity index (χ1v) is 8.30. The Morgan fingerprint density at radius 3 is 2.80 bits per heavy atom. The molecule has 126 valence electrons. The summed E-state index contributed by atoms with van der Waals surface area (Å²) in [5, 5.41) is 8.88. The zero-order valence-corrected chi connectivity index (χ0v) is 14.4. The van der Waals surface area contributed by atoms with Gasteiger partial charge in [-0.2, -0.15) is 4.99 Å². The van der Waals surface area contributed by atoms with Crippen LogP contribution in [0.1, 0.15) is 0 Å². The lowest BCUT2D eigenvalue weighted by atomic mass is 10.3. The van der Waals surface area contributed by atoms with Gasteiger partial charge in [0.1, 0.15) is 12.4 Å². The minimum atomic E-state index is 0.129. The average molecular weight is 355 g/mol. The third kappa shape index (κ3) is 2.59. The maximum atomic E-state index is 5.33. The topological polar surface area (TPSA) is 80.5 Å². The van der Waals surface area contributed by atoms with E-state index in [1.54, 1.807) is 38.3 Å². The van der Waals surface area contributed by atoms with E-state index in [2.05, 4.69) is 20.3 Å². The Morgan fingerprint density at radius 2 is 2.04 bits per heavy atom. The van der Waals surface area contributed by atoms with Crippen LogP contribution in [0.3, 0.4) is 0 Å². The van der Waals surface area contributed by atoms with E-state index in [0.29, 0.717) is 23.3 Å². The Kier molecular flexibility index (Phi) is 3.79. The standard InChI is InChI=1S/C16H15N6O2S/c1-23-12-4-3-11(7-13(12)24-2)19-16-20-14-8-17-5-6-22(14,21-16)15-9-18-10-25-15/h3-10H,1-2H3,(H,19,21)/q+1. The van der Waals surface area contributed by atoms with Crippen molar-refractivity contribution in [2.45, 2.75) is 0 Å². The Balaban J connectivity index is 1.68. The number of aromatic nitrogens is 1. The number of ether oxygens (including phenoxy) is 2. The Labute approximate surface area is 148 Å². The molecule has 9 heteroatoms. The van der Waals surface area contributed by atoms with Crippen LogP contribution in [0.5, 0.6) is 11.5 Å². The van der Waals surface area contributed by atoms with Crippen molar-refractivity contribution < 1.29 is 9.47 Å². The molecule has 25 heavy (non-hydrogen) atoms. The van der Waals surface area contributed by atoms with Crippen molar-refractivity contribution in [2.75, 3.05) is 19.5 Å². The van der Waals surface area contributed by atoms with Gasteiger partial charge in [0.25, 0.3) is 11.8 Å². The molecule has 0 bridgehead atoms. The van der Waals surface area contributed by atoms with Crippen LogP contribution >= 0.6 is 11.3 Å². The molecule has 2 aliphatic rings. The summed E-state index contributed by atoms with van der Waals surface area (Å²) in [6.07, 6.45) is 7.07. The SMILES string of the molecule is COc1ccc(NC2=N[N+]3(c4cncs4)C=CN=CC3=N2)cc1OC. The van der Waals surface area contributed by atoms with Gasteiger partial charge in [-0.3, -0.25) is 4.99 Å². The molecular weight excluding hydrogens is 340 g/mol. The van der Waals surface area contributed by atoms with Gasteiger partial charge < -0.3 is 14.8 Å². The second-order valence-corrected chi connectivity index (χ2v) is 6.05. The van der Waals surface area contributed by atoms with E-state index >= 15 is 0 Å². The monoisotopic (exact) mass is 355 g/mol. The first-order valence-electron chi connectivity index (χ1n) is 7.42. The molecule has 0 saturated heterocycles. The number of amidine groups is 1. The summed E-state index contributed by atoms with van der Waals surface area (Å²) in [5.41, 5.74) is 2.57. The lowest BCUT2D eigenvalue weighted by molar-refractivity contribution is 0.355. The van der Waals surface area contributed by atoms with Crippen LogP contribution in [0.2, 0.25) is 0 Å². The fourth-order valence-corrected chi connectivity index (χ4v) is 3.30. The highest BCUT2D eigenvalue weighted by atomic mass is 32.1. The zero-order chi connectivity index (χ0) is 17.3. The highest BCUT2D eigenvalue weighted by molar-refractivity contribution is 7.13. The Hall–Kier alpha value is -3.04. The summed E-state index contributed by atoms with van der Waals surface area (Å²) in [5.74, 6) is 2.47. The zero-order valence-electron chi connectivity index (χ0n) is 13.6. The lowest BCUT2D eigenvalue weighted by Gasteiger charge is -2.21. The summed E-state index contributed by atoms with van der Waals surface area (Å²) in [6.45, 7) is 0. The molecule has 1 atom stereocenters. The number of hydrogen-bond donors (Lipinski definition) is 1. The van der Waals surface area contributed by atoms with Gasteiger partial charge in [-0.15, -0.1) is 0 Å². The number of rotatable bonds is 4. The first kappa shape index (κ1) is 15.5. The van der Waals surface area contributed by atoms with Gasteiger partial charge >= 0.3 is 0 Å². The van der Waals surface area contributed by atoms with Crippen molar-refractivity contribution >= 4 is 40.0 Å². The van der Waals surface area contributed by atoms with Crippen molar-refractivity contribution in [2.24, 2.45) is 15.1 Å². The second-order valence-electron chi connectivity index (χ2n) is 5.19. The number of methoxy groups -OCH3 is 2. The van der Waals surface area contributed by atoms with Gasteiger partial charge in [0.15, 0.2) is 17.7 Å². The molecule has 3 heterocycles. The second kappa shape index (κ2) is 6.11. The van der Waals surface area contributed by atoms with Crippen LogP contribution in [0.4, 0.5) is 10.7 Å². The fraction of sp³-hybridized carbons (Fsp3) is 0.125. The number of thiazole rings is 1. The predicted octanol–water partition coefficient (Wildman–Crippen LogP) is 2.82. The number of anilines is 1. The number of nitrogens with one attached hydrogen (secondary N) is 1. The molecular formula is C16H15N6O2S+. The van der Waals surface area contributed by atoms with E-state index in [1.807, 2.05) is 24.4 Å². The van der Waals surface area contributed by atoms with Gasteiger partial charge in [0.05, 0.1) is 25.9 Å². The molecule has 2 aromatic rings. The lowest BCUT2D eigenvalue weighted by Crippen LogP contribution is -2.43. The van der Waals surface area contributed by atoms with Crippen molar-refractivity contribution in [1.29, 1.82) is 0 Å². The molecule has 1 N–H and O–H groups in total. The molecule has 0 radical (unpaired) electrons. The van der Waals surface area contributed by atoms with E-state index in [1.165, 1.54) is 11.3 Å². The number of benzene rings is 1. The molecule has 0 spiro atoms. The van der Waals surface area contributed by atoms with Crippen LogP contribution in [0.25, 0.3) is 0 Å². The van der Waals surface area contributed by atoms with Gasteiger partial charge in [-0.05, 0) is 17.2 Å². The first-order chi connectivity index (χ1) is 12.2. The molecule has 1 unspecified atom stereocenters. The maximum absolute atomic E-state index is 5.33. The van der Waals surface area contributed by atoms with Gasteiger partial charge in [-0.25, -0.2) is 4.98 Å². The van der Waals surface area contributed by atoms with E-state index in [0.717, 1.165) is 10.7 Å². The number of fused-ring (bicyclic) bond motifs is 1. The third-order valence-electron chi connectivity index (χ3n) is 3.78. The third-order valence-corrected chi connectivity index (χ3v) is 4.63. The minimum Gasteiger partial charge on any atom is -0.493 e. The number of quaternary nitrogens is 1. The summed E-state index contributed by atoms with van der Waals surface area (Å²) >= 11 is 1.51. The predicted molar refractivity (Wildman–Crippen MR) is 99.6 cm³/mol. The van der Waals surface area contributed by atoms with Crippen molar-refractivity contribution in [3.63, 3.8) is 0 Å². The molecule has 2 aliphatic heterocycles. The number of aliphatic imine (C=N–C) groups is 2. The molecule has 0 aliphatic carbocycles. The molecule has 4 rings (SSSR count). The minimum absolute atomic E-state index is 0.129. The summed E-state index contributed by atoms with van der Waals surface area (Å²) in [6, 6.07) is 5.54. The van der Waals surface area contributed by atoms with E-state index in [4.69, 9.17) is 14.6 Å². The number of nitrogens with zero attached hydrogens (tertiary/aromatic N) is 5. The van der Waals surface area contributed by atoms with Crippen LogP contribution in [-0.2, 0) is 0 Å². The summed E-state index contributed by atoms with van der Waals surface area (Å²) in [7, 11) is 3.20. The largest absolute Gasteiger partial charge is 0.493 e. The molecule has 1 aromatic heterocycles. The molecule has 1 aromatic carbocycles. The summed E-state index contributed by atoms with van der Waals surface area (Å²) < 4.78 is 10.7. The Bertz CT molecular complexity index is 919. The normalized spacial score (nSPS) is 20.7. The van der Waals surface area contributed by atoms with Crippen LogP contribution in [-0.4, -0.2) is 37.2 Å². The van der Waals surface area contributed by atoms with E-state index in [-0.39, 0.29) is 4.59 Å². The van der Waals surface area contributed by atoms with Crippen molar-refractivity contribution in [1.82, 2.24) is 9.58 Å². The smallest absolute Gasteiger partial charge is 0.287 e. The molecule has 0 fully saturated rings. The van der Waals surface area contributed by atoms with Gasteiger partial charge in [0.2, 0.25) is 5.00 Å². The maximum Gasteiger partial charge on any atom is 0.287 e.